The van der Waals surface area contributed by atoms with Crippen LogP contribution in [0.1, 0.15) is 35.7 Å². The van der Waals surface area contributed by atoms with Gasteiger partial charge in [0.25, 0.3) is 5.91 Å². The molecule has 1 aromatic rings. The Labute approximate surface area is 119 Å². The molecule has 0 radical (unpaired) electrons. The van der Waals surface area contributed by atoms with Crippen molar-refractivity contribution in [1.82, 2.24) is 10.3 Å². The van der Waals surface area contributed by atoms with Crippen LogP contribution in [0.3, 0.4) is 0 Å². The molecule has 0 fully saturated rings. The normalized spacial score (nSPS) is 11.3. The number of rotatable bonds is 6. The SMILES string of the molecule is CCC(COC)NC(=O)c1cncc(C#CCCO)c1. The Kier molecular flexibility index (Phi) is 7.33. The number of hydrogen-bond donors (Lipinski definition) is 2. The van der Waals surface area contributed by atoms with Gasteiger partial charge in [0.1, 0.15) is 0 Å². The van der Waals surface area contributed by atoms with Crippen LogP contribution in [0.2, 0.25) is 0 Å². The van der Waals surface area contributed by atoms with Crippen LogP contribution >= 0.6 is 0 Å². The molecule has 1 rings (SSSR count). The Morgan fingerprint density at radius 3 is 3.00 bits per heavy atom. The molecule has 20 heavy (non-hydrogen) atoms. The average molecular weight is 276 g/mol. The molecule has 5 nitrogen and oxygen atoms in total. The summed E-state index contributed by atoms with van der Waals surface area (Å²) in [6.07, 6.45) is 4.30. The molecule has 5 heteroatoms. The molecule has 0 bridgehead atoms. The molecular weight excluding hydrogens is 256 g/mol. The molecule has 1 atom stereocenters. The molecule has 0 aliphatic carbocycles. The highest BCUT2D eigenvalue weighted by atomic mass is 16.5. The van der Waals surface area contributed by atoms with Gasteiger partial charge in [-0.3, -0.25) is 9.78 Å². The van der Waals surface area contributed by atoms with Gasteiger partial charge in [-0.1, -0.05) is 18.8 Å². The first-order chi connectivity index (χ1) is 9.71. The fraction of sp³-hybridized carbons (Fsp3) is 0.467. The third-order valence-corrected chi connectivity index (χ3v) is 2.67. The van der Waals surface area contributed by atoms with Gasteiger partial charge in [0.05, 0.1) is 24.8 Å². The van der Waals surface area contributed by atoms with E-state index < -0.39 is 0 Å². The van der Waals surface area contributed by atoms with Crippen molar-refractivity contribution in [3.63, 3.8) is 0 Å². The molecular formula is C15H20N2O3. The lowest BCUT2D eigenvalue weighted by atomic mass is 10.1. The van der Waals surface area contributed by atoms with Crippen molar-refractivity contribution in [3.05, 3.63) is 29.6 Å². The third-order valence-electron chi connectivity index (χ3n) is 2.67. The van der Waals surface area contributed by atoms with E-state index in [1.165, 1.54) is 6.20 Å². The summed E-state index contributed by atoms with van der Waals surface area (Å²) < 4.78 is 5.04. The lowest BCUT2D eigenvalue weighted by Crippen LogP contribution is -2.37. The summed E-state index contributed by atoms with van der Waals surface area (Å²) in [6.45, 7) is 2.49. The Balaban J connectivity index is 2.73. The van der Waals surface area contributed by atoms with Crippen LogP contribution in [0.5, 0.6) is 0 Å². The summed E-state index contributed by atoms with van der Waals surface area (Å²) in [7, 11) is 1.60. The summed E-state index contributed by atoms with van der Waals surface area (Å²) in [6, 6.07) is 1.67. The summed E-state index contributed by atoms with van der Waals surface area (Å²) in [4.78, 5) is 16.1. The van der Waals surface area contributed by atoms with E-state index >= 15 is 0 Å². The lowest BCUT2D eigenvalue weighted by molar-refractivity contribution is 0.0894. The van der Waals surface area contributed by atoms with E-state index in [1.807, 2.05) is 6.92 Å². The van der Waals surface area contributed by atoms with Crippen molar-refractivity contribution < 1.29 is 14.6 Å². The van der Waals surface area contributed by atoms with Crippen LogP contribution in [0, 0.1) is 11.8 Å². The molecule has 0 aromatic carbocycles. The van der Waals surface area contributed by atoms with Gasteiger partial charge >= 0.3 is 0 Å². The van der Waals surface area contributed by atoms with Gasteiger partial charge in [0.2, 0.25) is 0 Å². The van der Waals surface area contributed by atoms with Gasteiger partial charge in [-0.15, -0.1) is 0 Å². The Hall–Kier alpha value is -1.90. The van der Waals surface area contributed by atoms with E-state index in [1.54, 1.807) is 19.4 Å². The zero-order valence-electron chi connectivity index (χ0n) is 11.8. The summed E-state index contributed by atoms with van der Waals surface area (Å²) in [5, 5.41) is 11.6. The number of aromatic nitrogens is 1. The van der Waals surface area contributed by atoms with Crippen molar-refractivity contribution >= 4 is 5.91 Å². The molecule has 1 heterocycles. The highest BCUT2D eigenvalue weighted by Crippen LogP contribution is 2.03. The number of nitrogens with one attached hydrogen (secondary N) is 1. The average Bonchev–Trinajstić information content (AvgIpc) is 2.47. The molecule has 1 amide bonds. The zero-order chi connectivity index (χ0) is 14.8. The molecule has 0 aliphatic heterocycles. The van der Waals surface area contributed by atoms with Crippen LogP contribution in [-0.4, -0.2) is 42.4 Å². The number of amides is 1. The van der Waals surface area contributed by atoms with Gasteiger partial charge in [-0.25, -0.2) is 0 Å². The van der Waals surface area contributed by atoms with Crippen LogP contribution in [0.15, 0.2) is 18.5 Å². The second-order valence-corrected chi connectivity index (χ2v) is 4.27. The van der Waals surface area contributed by atoms with E-state index in [0.29, 0.717) is 24.2 Å². The Morgan fingerprint density at radius 2 is 2.35 bits per heavy atom. The van der Waals surface area contributed by atoms with Gasteiger partial charge < -0.3 is 15.2 Å². The molecule has 0 aliphatic rings. The molecule has 2 N–H and O–H groups in total. The predicted molar refractivity (Wildman–Crippen MR) is 76.2 cm³/mol. The first kappa shape index (κ1) is 16.2. The Bertz CT molecular complexity index is 491. The maximum absolute atomic E-state index is 12.1. The van der Waals surface area contributed by atoms with Crippen LogP contribution < -0.4 is 5.32 Å². The second kappa shape index (κ2) is 9.08. The molecule has 0 spiro atoms. The quantitative estimate of drug-likeness (QED) is 0.760. The van der Waals surface area contributed by atoms with E-state index in [-0.39, 0.29) is 18.6 Å². The number of nitrogens with zero attached hydrogens (tertiary/aromatic N) is 1. The molecule has 108 valence electrons. The molecule has 0 saturated heterocycles. The number of methoxy groups -OCH3 is 1. The fourth-order valence-electron chi connectivity index (χ4n) is 1.58. The van der Waals surface area contributed by atoms with E-state index in [0.717, 1.165) is 6.42 Å². The second-order valence-electron chi connectivity index (χ2n) is 4.27. The van der Waals surface area contributed by atoms with Gasteiger partial charge in [-0.05, 0) is 12.5 Å². The van der Waals surface area contributed by atoms with E-state index in [9.17, 15) is 4.79 Å². The predicted octanol–water partition coefficient (Wildman–Crippen LogP) is 0.970. The minimum Gasteiger partial charge on any atom is -0.395 e. The third kappa shape index (κ3) is 5.39. The van der Waals surface area contributed by atoms with Crippen molar-refractivity contribution in [1.29, 1.82) is 0 Å². The van der Waals surface area contributed by atoms with E-state index in [2.05, 4.69) is 22.1 Å². The maximum Gasteiger partial charge on any atom is 0.253 e. The number of aliphatic hydroxyl groups is 1. The first-order valence-electron chi connectivity index (χ1n) is 6.55. The standard InChI is InChI=1S/C15H20N2O3/c1-3-14(11-20-2)17-15(19)13-8-12(9-16-10-13)6-4-5-7-18/h8-10,14,18H,3,5,7,11H2,1-2H3,(H,17,19). The van der Waals surface area contributed by atoms with Crippen molar-refractivity contribution in [2.24, 2.45) is 0 Å². The summed E-state index contributed by atoms with van der Waals surface area (Å²) in [5.74, 6) is 5.47. The number of ether oxygens (including phenoxy) is 1. The van der Waals surface area contributed by atoms with Gasteiger partial charge in [0.15, 0.2) is 0 Å². The number of carbonyl (C=O) groups excluding carboxylic acids is 1. The largest absolute Gasteiger partial charge is 0.395 e. The highest BCUT2D eigenvalue weighted by molar-refractivity contribution is 5.94. The minimum atomic E-state index is -0.188. The monoisotopic (exact) mass is 276 g/mol. The number of pyridine rings is 1. The van der Waals surface area contributed by atoms with Crippen LogP contribution in [-0.2, 0) is 4.74 Å². The minimum absolute atomic E-state index is 0.0170. The first-order valence-corrected chi connectivity index (χ1v) is 6.55. The Morgan fingerprint density at radius 1 is 1.55 bits per heavy atom. The number of hydrogen-bond acceptors (Lipinski definition) is 4. The molecule has 0 saturated carbocycles. The molecule has 1 unspecified atom stereocenters. The summed E-state index contributed by atoms with van der Waals surface area (Å²) in [5.41, 5.74) is 1.13. The zero-order valence-corrected chi connectivity index (χ0v) is 11.8. The molecule has 1 aromatic heterocycles. The van der Waals surface area contributed by atoms with E-state index in [4.69, 9.17) is 9.84 Å². The van der Waals surface area contributed by atoms with Gasteiger partial charge in [0, 0.05) is 31.5 Å². The smallest absolute Gasteiger partial charge is 0.253 e. The lowest BCUT2D eigenvalue weighted by Gasteiger charge is -2.15. The van der Waals surface area contributed by atoms with Gasteiger partial charge in [-0.2, -0.15) is 0 Å². The fourth-order valence-corrected chi connectivity index (χ4v) is 1.58. The van der Waals surface area contributed by atoms with Crippen molar-refractivity contribution in [2.75, 3.05) is 20.3 Å². The summed E-state index contributed by atoms with van der Waals surface area (Å²) >= 11 is 0. The highest BCUT2D eigenvalue weighted by Gasteiger charge is 2.12. The topological polar surface area (TPSA) is 71.5 Å². The number of carbonyl (C=O) groups is 1. The number of aliphatic hydroxyl groups excluding tert-OH is 1. The van der Waals surface area contributed by atoms with Crippen molar-refractivity contribution in [2.45, 2.75) is 25.8 Å². The van der Waals surface area contributed by atoms with Crippen LogP contribution in [0.25, 0.3) is 0 Å². The van der Waals surface area contributed by atoms with Crippen molar-refractivity contribution in [3.8, 4) is 11.8 Å². The van der Waals surface area contributed by atoms with Crippen LogP contribution in [0.4, 0.5) is 0 Å². The maximum atomic E-state index is 12.1.